The van der Waals surface area contributed by atoms with E-state index in [1.54, 1.807) is 7.11 Å². The maximum Gasteiger partial charge on any atom is 0.157 e. The first-order valence-electron chi connectivity index (χ1n) is 6.51. The van der Waals surface area contributed by atoms with Crippen molar-refractivity contribution in [2.24, 2.45) is 5.92 Å². The largest absolute Gasteiger partial charge is 0.374 e. The average Bonchev–Trinajstić information content (AvgIpc) is 2.32. The minimum Gasteiger partial charge on any atom is -0.374 e. The predicted molar refractivity (Wildman–Crippen MR) is 73.7 cm³/mol. The van der Waals surface area contributed by atoms with Crippen molar-refractivity contribution in [3.8, 4) is 0 Å². The van der Waals surface area contributed by atoms with Crippen molar-refractivity contribution < 1.29 is 4.74 Å². The lowest BCUT2D eigenvalue weighted by Gasteiger charge is -2.16. The van der Waals surface area contributed by atoms with E-state index in [0.29, 0.717) is 5.92 Å². The predicted octanol–water partition coefficient (Wildman–Crippen LogP) is 2.20. The monoisotopic (exact) mass is 251 g/mol. The summed E-state index contributed by atoms with van der Waals surface area (Å²) in [7, 11) is 3.66. The first-order valence-corrected chi connectivity index (χ1v) is 6.51. The van der Waals surface area contributed by atoms with Gasteiger partial charge in [0, 0.05) is 18.5 Å². The molecule has 0 bridgehead atoms. The van der Waals surface area contributed by atoms with Gasteiger partial charge in [0.2, 0.25) is 0 Å². The number of nitrogens with zero attached hydrogens (tertiary/aromatic N) is 2. The molecule has 0 aliphatic heterocycles. The second-order valence-corrected chi connectivity index (χ2v) is 4.98. The van der Waals surface area contributed by atoms with Crippen molar-refractivity contribution >= 4 is 0 Å². The van der Waals surface area contributed by atoms with Crippen molar-refractivity contribution in [3.05, 3.63) is 22.8 Å². The highest BCUT2D eigenvalue weighted by molar-refractivity contribution is 5.25. The zero-order valence-corrected chi connectivity index (χ0v) is 12.4. The number of rotatable bonds is 6. The van der Waals surface area contributed by atoms with E-state index in [2.05, 4.69) is 36.1 Å². The molecule has 4 nitrogen and oxygen atoms in total. The molecule has 1 aromatic rings. The van der Waals surface area contributed by atoms with Crippen LogP contribution in [0.25, 0.3) is 0 Å². The van der Waals surface area contributed by atoms with Gasteiger partial charge in [-0.2, -0.15) is 0 Å². The number of aromatic nitrogens is 2. The molecule has 0 fully saturated rings. The van der Waals surface area contributed by atoms with Gasteiger partial charge in [0.15, 0.2) is 5.82 Å². The van der Waals surface area contributed by atoms with E-state index in [0.717, 1.165) is 30.2 Å². The summed E-state index contributed by atoms with van der Waals surface area (Å²) in [6.07, 6.45) is 0.964. The third kappa shape index (κ3) is 3.75. The van der Waals surface area contributed by atoms with Crippen molar-refractivity contribution in [3.63, 3.8) is 0 Å². The van der Waals surface area contributed by atoms with E-state index in [1.165, 1.54) is 5.56 Å². The zero-order valence-electron chi connectivity index (χ0n) is 12.4. The van der Waals surface area contributed by atoms with Gasteiger partial charge in [-0.3, -0.25) is 0 Å². The summed E-state index contributed by atoms with van der Waals surface area (Å²) in [6, 6.07) is 0. The van der Waals surface area contributed by atoms with Gasteiger partial charge < -0.3 is 10.1 Å². The highest BCUT2D eigenvalue weighted by atomic mass is 16.5. The molecular formula is C14H25N3O. The Balaban J connectivity index is 2.94. The Morgan fingerprint density at radius 2 is 1.72 bits per heavy atom. The molecule has 0 aliphatic carbocycles. The summed E-state index contributed by atoms with van der Waals surface area (Å²) in [5, 5.41) is 3.20. The quantitative estimate of drug-likeness (QED) is 0.842. The number of methoxy groups -OCH3 is 1. The number of hydrogen-bond acceptors (Lipinski definition) is 4. The van der Waals surface area contributed by atoms with Crippen LogP contribution in [0, 0.1) is 19.8 Å². The van der Waals surface area contributed by atoms with E-state index < -0.39 is 0 Å². The topological polar surface area (TPSA) is 47.0 Å². The normalized spacial score (nSPS) is 14.6. The first-order chi connectivity index (χ1) is 8.49. The summed E-state index contributed by atoms with van der Waals surface area (Å²) in [4.78, 5) is 9.12. The number of ether oxygens (including phenoxy) is 1. The van der Waals surface area contributed by atoms with E-state index in [4.69, 9.17) is 4.74 Å². The van der Waals surface area contributed by atoms with Gasteiger partial charge in [-0.05, 0) is 52.3 Å². The van der Waals surface area contributed by atoms with Crippen LogP contribution in [0.5, 0.6) is 0 Å². The molecule has 1 heterocycles. The van der Waals surface area contributed by atoms with Gasteiger partial charge in [-0.15, -0.1) is 0 Å². The molecule has 0 saturated heterocycles. The van der Waals surface area contributed by atoms with Crippen molar-refractivity contribution in [2.45, 2.75) is 40.2 Å². The standard InChI is InChI=1S/C14H25N3O/c1-9(8-15-5)7-13-10(2)16-14(12(4)18-6)17-11(13)3/h9,12,15H,7-8H2,1-6H3. The SMILES string of the molecule is CNCC(C)Cc1c(C)nc(C(C)OC)nc1C. The molecular weight excluding hydrogens is 226 g/mol. The zero-order chi connectivity index (χ0) is 13.7. The number of nitrogens with one attached hydrogen (secondary N) is 1. The minimum atomic E-state index is -0.0498. The van der Waals surface area contributed by atoms with E-state index in [1.807, 2.05) is 14.0 Å². The molecule has 0 aliphatic rings. The van der Waals surface area contributed by atoms with Gasteiger partial charge in [0.25, 0.3) is 0 Å². The third-order valence-corrected chi connectivity index (χ3v) is 3.26. The fourth-order valence-corrected chi connectivity index (χ4v) is 2.12. The Labute approximate surface area is 110 Å². The summed E-state index contributed by atoms with van der Waals surface area (Å²) in [5.41, 5.74) is 3.42. The van der Waals surface area contributed by atoms with Crippen LogP contribution in [-0.4, -0.2) is 30.7 Å². The summed E-state index contributed by atoms with van der Waals surface area (Å²) >= 11 is 0. The second kappa shape index (κ2) is 6.81. The van der Waals surface area contributed by atoms with Gasteiger partial charge >= 0.3 is 0 Å². The van der Waals surface area contributed by atoms with Crippen molar-refractivity contribution in [1.82, 2.24) is 15.3 Å². The molecule has 0 amide bonds. The molecule has 2 atom stereocenters. The molecule has 2 unspecified atom stereocenters. The van der Waals surface area contributed by atoms with E-state index in [9.17, 15) is 0 Å². The third-order valence-electron chi connectivity index (χ3n) is 3.26. The Hall–Kier alpha value is -1.00. The lowest BCUT2D eigenvalue weighted by Crippen LogP contribution is -2.19. The smallest absolute Gasteiger partial charge is 0.157 e. The minimum absolute atomic E-state index is 0.0498. The van der Waals surface area contributed by atoms with Crippen LogP contribution in [0.1, 0.15) is 42.7 Å². The molecule has 0 aromatic carbocycles. The fourth-order valence-electron chi connectivity index (χ4n) is 2.12. The van der Waals surface area contributed by atoms with Gasteiger partial charge in [-0.1, -0.05) is 6.92 Å². The molecule has 0 spiro atoms. The van der Waals surface area contributed by atoms with Crippen LogP contribution >= 0.6 is 0 Å². The maximum absolute atomic E-state index is 5.27. The fraction of sp³-hybridized carbons (Fsp3) is 0.714. The van der Waals surface area contributed by atoms with Crippen LogP contribution in [-0.2, 0) is 11.2 Å². The van der Waals surface area contributed by atoms with Crippen LogP contribution in [0.15, 0.2) is 0 Å². The Kier molecular flexibility index (Phi) is 5.69. The molecule has 0 radical (unpaired) electrons. The molecule has 4 heteroatoms. The highest BCUT2D eigenvalue weighted by Crippen LogP contribution is 2.19. The van der Waals surface area contributed by atoms with Crippen molar-refractivity contribution in [2.75, 3.05) is 20.7 Å². The van der Waals surface area contributed by atoms with Crippen LogP contribution < -0.4 is 5.32 Å². The number of hydrogen-bond donors (Lipinski definition) is 1. The van der Waals surface area contributed by atoms with Crippen LogP contribution in [0.3, 0.4) is 0 Å². The average molecular weight is 251 g/mol. The van der Waals surface area contributed by atoms with E-state index >= 15 is 0 Å². The Bertz CT molecular complexity index is 370. The molecule has 1 rings (SSSR count). The molecule has 1 N–H and O–H groups in total. The molecule has 0 saturated carbocycles. The summed E-state index contributed by atoms with van der Waals surface area (Å²) in [5.74, 6) is 1.36. The lowest BCUT2D eigenvalue weighted by atomic mass is 9.98. The molecule has 102 valence electrons. The lowest BCUT2D eigenvalue weighted by molar-refractivity contribution is 0.111. The van der Waals surface area contributed by atoms with Crippen LogP contribution in [0.2, 0.25) is 0 Å². The van der Waals surface area contributed by atoms with Gasteiger partial charge in [0.05, 0.1) is 0 Å². The Morgan fingerprint density at radius 3 is 2.17 bits per heavy atom. The highest BCUT2D eigenvalue weighted by Gasteiger charge is 2.14. The van der Waals surface area contributed by atoms with Crippen LogP contribution in [0.4, 0.5) is 0 Å². The van der Waals surface area contributed by atoms with E-state index in [-0.39, 0.29) is 6.10 Å². The Morgan fingerprint density at radius 1 is 1.17 bits per heavy atom. The van der Waals surface area contributed by atoms with Gasteiger partial charge in [-0.25, -0.2) is 9.97 Å². The van der Waals surface area contributed by atoms with Gasteiger partial charge in [0.1, 0.15) is 6.10 Å². The molecule has 18 heavy (non-hydrogen) atoms. The summed E-state index contributed by atoms with van der Waals surface area (Å²) < 4.78 is 5.27. The van der Waals surface area contributed by atoms with Crippen molar-refractivity contribution in [1.29, 1.82) is 0 Å². The second-order valence-electron chi connectivity index (χ2n) is 4.98. The first kappa shape index (κ1) is 15.1. The molecule has 1 aromatic heterocycles. The number of aryl methyl sites for hydroxylation is 2. The maximum atomic E-state index is 5.27. The summed E-state index contributed by atoms with van der Waals surface area (Å²) in [6.45, 7) is 9.33.